The first-order valence-electron chi connectivity index (χ1n) is 11.6. The van der Waals surface area contributed by atoms with Gasteiger partial charge >= 0.3 is 0 Å². The molecule has 3 nitrogen and oxygen atoms in total. The van der Waals surface area contributed by atoms with Gasteiger partial charge in [-0.2, -0.15) is 0 Å². The first-order valence-corrected chi connectivity index (χ1v) is 11.6. The summed E-state index contributed by atoms with van der Waals surface area (Å²) in [6.45, 7) is 6.20. The smallest absolute Gasteiger partial charge is 0.159 e. The van der Waals surface area contributed by atoms with Gasteiger partial charge in [-0.25, -0.2) is 0 Å². The molecule has 0 amide bonds. The number of fused-ring (bicyclic) bond motifs is 5. The summed E-state index contributed by atoms with van der Waals surface area (Å²) in [7, 11) is 0. The van der Waals surface area contributed by atoms with Crippen molar-refractivity contribution in [2.45, 2.75) is 71.6 Å². The molecule has 5 rings (SSSR count). The minimum atomic E-state index is -0.158. The molecule has 0 spiro atoms. The second-order valence-electron chi connectivity index (χ2n) is 10.7. The normalized spacial score (nSPS) is 40.3. The largest absolute Gasteiger partial charge is 0.299 e. The van der Waals surface area contributed by atoms with Crippen molar-refractivity contribution in [1.82, 2.24) is 0 Å². The topological polar surface area (TPSA) is 51.2 Å². The van der Waals surface area contributed by atoms with E-state index in [0.29, 0.717) is 30.0 Å². The maximum atomic E-state index is 12.8. The van der Waals surface area contributed by atoms with E-state index in [-0.39, 0.29) is 28.3 Å². The predicted octanol–water partition coefficient (Wildman–Crippen LogP) is 5.68. The molecular formula is C27H32O3. The van der Waals surface area contributed by atoms with Crippen LogP contribution in [0.15, 0.2) is 35.9 Å². The van der Waals surface area contributed by atoms with Crippen molar-refractivity contribution < 1.29 is 14.4 Å². The number of benzene rings is 1. The van der Waals surface area contributed by atoms with Crippen LogP contribution in [0.4, 0.5) is 0 Å². The minimum absolute atomic E-state index is 0.0146. The average molecular weight is 405 g/mol. The Morgan fingerprint density at radius 3 is 2.53 bits per heavy atom. The zero-order valence-corrected chi connectivity index (χ0v) is 18.4. The number of ketones is 3. The lowest BCUT2D eigenvalue weighted by Crippen LogP contribution is -2.52. The lowest BCUT2D eigenvalue weighted by molar-refractivity contribution is -0.132. The number of hydrogen-bond acceptors (Lipinski definition) is 3. The highest BCUT2D eigenvalue weighted by Gasteiger charge is 2.60. The van der Waals surface area contributed by atoms with Crippen LogP contribution in [0.2, 0.25) is 0 Å². The van der Waals surface area contributed by atoms with Gasteiger partial charge in [-0.3, -0.25) is 14.4 Å². The first-order chi connectivity index (χ1) is 14.2. The SMILES string of the molecule is CC(=O)c1cccc([C@H]2C[C@@H]3[C@H](CC[C@]4(C)C(=O)CC[C@@H]34)[C@@]3(C)CCC(=O)C=C23)c1. The van der Waals surface area contributed by atoms with Crippen LogP contribution >= 0.6 is 0 Å². The van der Waals surface area contributed by atoms with Crippen LogP contribution in [-0.2, 0) is 9.59 Å². The van der Waals surface area contributed by atoms with Crippen LogP contribution in [0, 0.1) is 28.6 Å². The molecule has 0 saturated heterocycles. The fourth-order valence-electron chi connectivity index (χ4n) is 7.70. The number of carbonyl (C=O) groups is 3. The number of carbonyl (C=O) groups excluding carboxylic acids is 3. The van der Waals surface area contributed by atoms with Gasteiger partial charge in [-0.1, -0.05) is 37.6 Å². The number of rotatable bonds is 2. The van der Waals surface area contributed by atoms with Gasteiger partial charge in [0.2, 0.25) is 0 Å². The molecule has 0 unspecified atom stereocenters. The average Bonchev–Trinajstić information content (AvgIpc) is 3.03. The van der Waals surface area contributed by atoms with Gasteiger partial charge in [0.05, 0.1) is 0 Å². The maximum Gasteiger partial charge on any atom is 0.159 e. The molecule has 158 valence electrons. The molecule has 1 aromatic rings. The van der Waals surface area contributed by atoms with Gasteiger partial charge in [0.25, 0.3) is 0 Å². The summed E-state index contributed by atoms with van der Waals surface area (Å²) in [5.74, 6) is 2.46. The van der Waals surface area contributed by atoms with Gasteiger partial charge in [0.15, 0.2) is 11.6 Å². The van der Waals surface area contributed by atoms with Gasteiger partial charge in [-0.15, -0.1) is 0 Å². The lowest BCUT2D eigenvalue weighted by atomic mass is 9.45. The fraction of sp³-hybridized carbons (Fsp3) is 0.593. The summed E-state index contributed by atoms with van der Waals surface area (Å²) in [6, 6.07) is 8.02. The Labute approximate surface area is 179 Å². The molecule has 0 aliphatic heterocycles. The first kappa shape index (κ1) is 19.9. The molecule has 4 aliphatic rings. The Hall–Kier alpha value is -2.03. The quantitative estimate of drug-likeness (QED) is 0.596. The highest BCUT2D eigenvalue weighted by atomic mass is 16.1. The Kier molecular flexibility index (Phi) is 4.47. The fourth-order valence-corrected chi connectivity index (χ4v) is 7.70. The van der Waals surface area contributed by atoms with Crippen molar-refractivity contribution in [3.05, 3.63) is 47.0 Å². The van der Waals surface area contributed by atoms with Crippen molar-refractivity contribution in [3.8, 4) is 0 Å². The van der Waals surface area contributed by atoms with Gasteiger partial charge in [-0.05, 0) is 79.9 Å². The zero-order chi connectivity index (χ0) is 21.3. The molecule has 0 heterocycles. The van der Waals surface area contributed by atoms with E-state index in [1.807, 2.05) is 24.3 Å². The molecule has 0 aromatic heterocycles. The van der Waals surface area contributed by atoms with Crippen molar-refractivity contribution in [3.63, 3.8) is 0 Å². The van der Waals surface area contributed by atoms with Crippen LogP contribution in [0.3, 0.4) is 0 Å². The molecule has 6 atom stereocenters. The molecule has 0 radical (unpaired) electrons. The van der Waals surface area contributed by atoms with E-state index in [9.17, 15) is 14.4 Å². The van der Waals surface area contributed by atoms with E-state index >= 15 is 0 Å². The zero-order valence-electron chi connectivity index (χ0n) is 18.4. The molecular weight excluding hydrogens is 372 g/mol. The Morgan fingerprint density at radius 2 is 1.77 bits per heavy atom. The molecule has 3 heteroatoms. The molecule has 0 N–H and O–H groups in total. The minimum Gasteiger partial charge on any atom is -0.299 e. The third-order valence-electron chi connectivity index (χ3n) is 9.41. The van der Waals surface area contributed by atoms with Crippen molar-refractivity contribution in [1.29, 1.82) is 0 Å². The summed E-state index contributed by atoms with van der Waals surface area (Å²) in [5, 5.41) is 0. The third kappa shape index (κ3) is 2.73. The van der Waals surface area contributed by atoms with Crippen LogP contribution in [0.25, 0.3) is 0 Å². The Balaban J connectivity index is 1.62. The van der Waals surface area contributed by atoms with Crippen LogP contribution in [-0.4, -0.2) is 17.3 Å². The van der Waals surface area contributed by atoms with E-state index in [4.69, 9.17) is 0 Å². The van der Waals surface area contributed by atoms with E-state index in [2.05, 4.69) is 19.9 Å². The highest BCUT2D eigenvalue weighted by Crippen LogP contribution is 2.66. The van der Waals surface area contributed by atoms with Crippen molar-refractivity contribution in [2.24, 2.45) is 28.6 Å². The standard InChI is InChI=1S/C27H32O3/c1-16(28)17-5-4-6-18(13-17)20-15-21-22-7-8-25(30)27(22,3)12-10-23(21)26(2)11-9-19(29)14-24(20)26/h4-6,13-14,20-23H,7-12,15H2,1-3H3/t20-,21+,22+,23+,26-,27+/m1/s1. The van der Waals surface area contributed by atoms with Crippen LogP contribution in [0.1, 0.15) is 87.6 Å². The number of allylic oxidation sites excluding steroid dienone is 1. The summed E-state index contributed by atoms with van der Waals surface area (Å²) in [6.07, 6.45) is 8.32. The summed E-state index contributed by atoms with van der Waals surface area (Å²) in [5.41, 5.74) is 3.04. The van der Waals surface area contributed by atoms with Crippen LogP contribution < -0.4 is 0 Å². The van der Waals surface area contributed by atoms with E-state index in [1.165, 1.54) is 5.57 Å². The monoisotopic (exact) mass is 404 g/mol. The van der Waals surface area contributed by atoms with E-state index in [1.54, 1.807) is 6.92 Å². The summed E-state index contributed by atoms with van der Waals surface area (Å²) >= 11 is 0. The van der Waals surface area contributed by atoms with Gasteiger partial charge in [0.1, 0.15) is 5.78 Å². The molecule has 4 aliphatic carbocycles. The second kappa shape index (κ2) is 6.73. The summed E-state index contributed by atoms with van der Waals surface area (Å²) < 4.78 is 0. The van der Waals surface area contributed by atoms with Crippen molar-refractivity contribution >= 4 is 17.3 Å². The second-order valence-corrected chi connectivity index (χ2v) is 10.7. The molecule has 3 fully saturated rings. The van der Waals surface area contributed by atoms with Crippen LogP contribution in [0.5, 0.6) is 0 Å². The number of Topliss-reactive ketones (excluding diaryl/α,β-unsaturated/α-hetero) is 2. The van der Waals surface area contributed by atoms with E-state index in [0.717, 1.165) is 49.7 Å². The van der Waals surface area contributed by atoms with Gasteiger partial charge < -0.3 is 0 Å². The molecule has 0 bridgehead atoms. The Bertz CT molecular complexity index is 972. The van der Waals surface area contributed by atoms with Crippen molar-refractivity contribution in [2.75, 3.05) is 0 Å². The summed E-state index contributed by atoms with van der Waals surface area (Å²) in [4.78, 5) is 37.3. The highest BCUT2D eigenvalue weighted by molar-refractivity contribution is 5.94. The van der Waals surface area contributed by atoms with E-state index < -0.39 is 0 Å². The molecule has 1 aromatic carbocycles. The lowest BCUT2D eigenvalue weighted by Gasteiger charge is -2.59. The molecule has 3 saturated carbocycles. The maximum absolute atomic E-state index is 12.8. The third-order valence-corrected chi connectivity index (χ3v) is 9.41. The molecule has 30 heavy (non-hydrogen) atoms. The number of hydrogen-bond donors (Lipinski definition) is 0. The van der Waals surface area contributed by atoms with Gasteiger partial charge in [0, 0.05) is 29.7 Å². The predicted molar refractivity (Wildman–Crippen MR) is 116 cm³/mol. The Morgan fingerprint density at radius 1 is 1.00 bits per heavy atom.